The van der Waals surface area contributed by atoms with Gasteiger partial charge in [-0.15, -0.1) is 0 Å². The minimum absolute atomic E-state index is 0.164. The Morgan fingerprint density at radius 2 is 1.82 bits per heavy atom. The van der Waals surface area contributed by atoms with E-state index in [1.165, 1.54) is 25.0 Å². The molecule has 0 aromatic heterocycles. The number of hydrogen-bond acceptors (Lipinski definition) is 5. The Morgan fingerprint density at radius 1 is 1.07 bits per heavy atom. The molecule has 1 N–H and O–H groups in total. The van der Waals surface area contributed by atoms with Gasteiger partial charge in [0.05, 0.1) is 5.69 Å². The van der Waals surface area contributed by atoms with Gasteiger partial charge >= 0.3 is 5.97 Å². The van der Waals surface area contributed by atoms with Crippen LogP contribution in [0.5, 0.6) is 5.75 Å². The van der Waals surface area contributed by atoms with Crippen LogP contribution in [-0.2, 0) is 27.2 Å². The summed E-state index contributed by atoms with van der Waals surface area (Å²) in [5.41, 5.74) is 3.36. The highest BCUT2D eigenvalue weighted by Crippen LogP contribution is 2.26. The molecule has 0 radical (unpaired) electrons. The van der Waals surface area contributed by atoms with Gasteiger partial charge in [0.15, 0.2) is 18.5 Å². The van der Waals surface area contributed by atoms with Gasteiger partial charge in [0, 0.05) is 5.56 Å². The third kappa shape index (κ3) is 4.76. The van der Waals surface area contributed by atoms with Gasteiger partial charge in [-0.25, -0.2) is 4.79 Å². The molecule has 6 nitrogen and oxygen atoms in total. The van der Waals surface area contributed by atoms with Crippen LogP contribution in [-0.4, -0.2) is 30.4 Å². The van der Waals surface area contributed by atoms with Crippen LogP contribution in [0.4, 0.5) is 5.69 Å². The number of ketones is 1. The van der Waals surface area contributed by atoms with Crippen LogP contribution in [0.1, 0.15) is 41.8 Å². The fraction of sp³-hybridized carbons (Fsp3) is 0.318. The first-order valence-corrected chi connectivity index (χ1v) is 9.29. The van der Waals surface area contributed by atoms with E-state index in [-0.39, 0.29) is 12.4 Å². The van der Waals surface area contributed by atoms with Crippen molar-refractivity contribution in [2.45, 2.75) is 39.2 Å². The van der Waals surface area contributed by atoms with Crippen molar-refractivity contribution in [2.24, 2.45) is 0 Å². The summed E-state index contributed by atoms with van der Waals surface area (Å²) in [6, 6.07) is 12.5. The minimum Gasteiger partial charge on any atom is -0.482 e. The van der Waals surface area contributed by atoms with E-state index in [2.05, 4.69) is 5.32 Å². The zero-order valence-electron chi connectivity index (χ0n) is 16.0. The number of aryl methyl sites for hydroxylation is 2. The zero-order valence-corrected chi connectivity index (χ0v) is 16.0. The van der Waals surface area contributed by atoms with Crippen molar-refractivity contribution in [3.05, 3.63) is 59.2 Å². The lowest BCUT2D eigenvalue weighted by Gasteiger charge is -2.15. The Labute approximate surface area is 163 Å². The van der Waals surface area contributed by atoms with Gasteiger partial charge in [0.1, 0.15) is 5.75 Å². The number of carbonyl (C=O) groups excluding carboxylic acids is 3. The fourth-order valence-corrected chi connectivity index (χ4v) is 3.20. The van der Waals surface area contributed by atoms with E-state index in [4.69, 9.17) is 9.47 Å². The molecule has 0 bridgehead atoms. The first kappa shape index (κ1) is 19.6. The first-order valence-electron chi connectivity index (χ1n) is 9.29. The molecule has 1 aliphatic rings. The Morgan fingerprint density at radius 3 is 2.61 bits per heavy atom. The molecule has 28 heavy (non-hydrogen) atoms. The molecule has 2 aromatic rings. The summed E-state index contributed by atoms with van der Waals surface area (Å²) in [6.45, 7) is 2.62. The monoisotopic (exact) mass is 381 g/mol. The lowest BCUT2D eigenvalue weighted by Crippen LogP contribution is -2.32. The van der Waals surface area contributed by atoms with E-state index >= 15 is 0 Å². The maximum Gasteiger partial charge on any atom is 0.344 e. The Hall–Kier alpha value is -3.15. The Kier molecular flexibility index (Phi) is 6.09. The molecule has 0 aliphatic heterocycles. The fourth-order valence-electron chi connectivity index (χ4n) is 3.20. The number of nitrogens with one attached hydrogen (secondary N) is 1. The second kappa shape index (κ2) is 8.69. The number of hydrogen-bond donors (Lipinski definition) is 1. The summed E-state index contributed by atoms with van der Waals surface area (Å²) in [4.78, 5) is 35.9. The number of esters is 1. The number of Topliss-reactive ketones (excluding diaryl/α,β-unsaturated/α-hetero) is 1. The number of carbonyl (C=O) groups is 3. The number of anilines is 1. The lowest BCUT2D eigenvalue weighted by molar-refractivity contribution is -0.155. The molecule has 1 atom stereocenters. The van der Waals surface area contributed by atoms with Crippen LogP contribution in [0.25, 0.3) is 0 Å². The quantitative estimate of drug-likeness (QED) is 0.588. The number of benzene rings is 2. The van der Waals surface area contributed by atoms with E-state index in [1.807, 2.05) is 18.2 Å². The molecule has 0 saturated carbocycles. The summed E-state index contributed by atoms with van der Waals surface area (Å²) < 4.78 is 10.6. The first-order chi connectivity index (χ1) is 13.4. The Bertz CT molecular complexity index is 906. The van der Waals surface area contributed by atoms with Gasteiger partial charge in [-0.2, -0.15) is 0 Å². The van der Waals surface area contributed by atoms with E-state index in [0.717, 1.165) is 19.3 Å². The molecule has 3 rings (SSSR count). The van der Waals surface area contributed by atoms with Crippen molar-refractivity contribution < 1.29 is 23.9 Å². The van der Waals surface area contributed by atoms with E-state index in [0.29, 0.717) is 17.0 Å². The molecular formula is C22H23NO5. The molecule has 2 aromatic carbocycles. The predicted molar refractivity (Wildman–Crippen MR) is 105 cm³/mol. The van der Waals surface area contributed by atoms with Crippen molar-refractivity contribution in [3.8, 4) is 5.75 Å². The third-order valence-corrected chi connectivity index (χ3v) is 4.67. The smallest absolute Gasteiger partial charge is 0.344 e. The molecule has 0 heterocycles. The highest BCUT2D eigenvalue weighted by Gasteiger charge is 2.20. The topological polar surface area (TPSA) is 81.7 Å². The van der Waals surface area contributed by atoms with Crippen molar-refractivity contribution in [1.82, 2.24) is 0 Å². The van der Waals surface area contributed by atoms with Gasteiger partial charge in [0.2, 0.25) is 0 Å². The molecule has 0 saturated heterocycles. The number of para-hydroxylation sites is 1. The number of amides is 1. The van der Waals surface area contributed by atoms with Gasteiger partial charge in [-0.05, 0) is 68.5 Å². The summed E-state index contributed by atoms with van der Waals surface area (Å²) >= 11 is 0. The van der Waals surface area contributed by atoms with E-state index in [1.54, 1.807) is 24.3 Å². The SMILES string of the molecule is CC(=O)c1ccccc1NC(=O)[C@H](C)OC(=O)COc1ccc2c(c1)CCC2. The van der Waals surface area contributed by atoms with Gasteiger partial charge in [0.25, 0.3) is 5.91 Å². The van der Waals surface area contributed by atoms with Crippen molar-refractivity contribution in [3.63, 3.8) is 0 Å². The van der Waals surface area contributed by atoms with Crippen LogP contribution in [0, 0.1) is 0 Å². The number of rotatable bonds is 7. The van der Waals surface area contributed by atoms with Gasteiger partial charge in [-0.1, -0.05) is 18.2 Å². The average Bonchev–Trinajstić information content (AvgIpc) is 3.14. The van der Waals surface area contributed by atoms with Crippen molar-refractivity contribution >= 4 is 23.3 Å². The molecule has 1 aliphatic carbocycles. The van der Waals surface area contributed by atoms with Crippen LogP contribution >= 0.6 is 0 Å². The maximum absolute atomic E-state index is 12.3. The average molecular weight is 381 g/mol. The summed E-state index contributed by atoms with van der Waals surface area (Å²) in [7, 11) is 0. The van der Waals surface area contributed by atoms with Gasteiger partial charge in [-0.3, -0.25) is 9.59 Å². The molecule has 0 fully saturated rings. The van der Waals surface area contributed by atoms with Gasteiger partial charge < -0.3 is 14.8 Å². The highest BCUT2D eigenvalue weighted by atomic mass is 16.6. The summed E-state index contributed by atoms with van der Waals surface area (Å²) in [5.74, 6) is -0.698. The van der Waals surface area contributed by atoms with Crippen LogP contribution in [0.3, 0.4) is 0 Å². The lowest BCUT2D eigenvalue weighted by atomic mass is 10.1. The maximum atomic E-state index is 12.3. The van der Waals surface area contributed by atoms with E-state index in [9.17, 15) is 14.4 Å². The van der Waals surface area contributed by atoms with Crippen LogP contribution < -0.4 is 10.1 Å². The van der Waals surface area contributed by atoms with Crippen LogP contribution in [0.2, 0.25) is 0 Å². The highest BCUT2D eigenvalue weighted by molar-refractivity contribution is 6.04. The van der Waals surface area contributed by atoms with Crippen molar-refractivity contribution in [2.75, 3.05) is 11.9 Å². The third-order valence-electron chi connectivity index (χ3n) is 4.67. The van der Waals surface area contributed by atoms with Crippen molar-refractivity contribution in [1.29, 1.82) is 0 Å². The molecule has 0 unspecified atom stereocenters. The Balaban J connectivity index is 1.51. The standard InChI is InChI=1S/C22H23NO5/c1-14(24)19-8-3-4-9-20(19)23-22(26)15(2)28-21(25)13-27-18-11-10-16-6-5-7-17(16)12-18/h3-4,8-12,15H,5-7,13H2,1-2H3,(H,23,26)/t15-/m0/s1. The molecule has 146 valence electrons. The largest absolute Gasteiger partial charge is 0.482 e. The van der Waals surface area contributed by atoms with Crippen LogP contribution in [0.15, 0.2) is 42.5 Å². The predicted octanol–water partition coefficient (Wildman–Crippen LogP) is 3.33. The number of ether oxygens (including phenoxy) is 2. The second-order valence-corrected chi connectivity index (χ2v) is 6.80. The molecule has 0 spiro atoms. The normalized spacial score (nSPS) is 13.4. The van der Waals surface area contributed by atoms with E-state index < -0.39 is 18.0 Å². The molecule has 1 amide bonds. The summed E-state index contributed by atoms with van der Waals surface area (Å²) in [5, 5.41) is 2.62. The molecule has 6 heteroatoms. The number of fused-ring (bicyclic) bond motifs is 1. The second-order valence-electron chi connectivity index (χ2n) is 6.80. The minimum atomic E-state index is -1.02. The molecular weight excluding hydrogens is 358 g/mol. The summed E-state index contributed by atoms with van der Waals surface area (Å²) in [6.07, 6.45) is 2.23. The zero-order chi connectivity index (χ0) is 20.1.